The maximum atomic E-state index is 11.9. The Bertz CT molecular complexity index is 602. The average molecular weight is 343 g/mol. The molecule has 7 nitrogen and oxygen atoms in total. The molecular formula is C15H25N3O4S. The third kappa shape index (κ3) is 7.96. The molecule has 0 heterocycles. The molecule has 8 heteroatoms. The Hall–Kier alpha value is -1.64. The number of benzene rings is 1. The minimum absolute atomic E-state index is 0.0546. The molecular weight excluding hydrogens is 318 g/mol. The Morgan fingerprint density at radius 1 is 1.26 bits per heavy atom. The van der Waals surface area contributed by atoms with Gasteiger partial charge in [-0.3, -0.25) is 4.79 Å². The van der Waals surface area contributed by atoms with Crippen LogP contribution in [-0.2, 0) is 10.0 Å². The summed E-state index contributed by atoms with van der Waals surface area (Å²) in [7, 11) is 2.01. The van der Waals surface area contributed by atoms with Crippen LogP contribution in [0.25, 0.3) is 0 Å². The summed E-state index contributed by atoms with van der Waals surface area (Å²) < 4.78 is 31.2. The first kappa shape index (κ1) is 19.4. The van der Waals surface area contributed by atoms with E-state index in [0.717, 1.165) is 13.0 Å². The molecule has 1 rings (SSSR count). The number of sulfonamides is 1. The second kappa shape index (κ2) is 9.49. The van der Waals surface area contributed by atoms with E-state index in [-0.39, 0.29) is 18.2 Å². The third-order valence-electron chi connectivity index (χ3n) is 3.09. The maximum Gasteiger partial charge on any atom is 0.251 e. The summed E-state index contributed by atoms with van der Waals surface area (Å²) in [5.74, 6) is 0.101. The zero-order chi connectivity index (χ0) is 17.3. The first-order valence-electron chi connectivity index (χ1n) is 7.38. The Morgan fingerprint density at radius 3 is 2.65 bits per heavy atom. The number of methoxy groups -OCH3 is 1. The van der Waals surface area contributed by atoms with E-state index in [1.165, 1.54) is 7.11 Å². The summed E-state index contributed by atoms with van der Waals surface area (Å²) in [5, 5.41) is 2.59. The average Bonchev–Trinajstić information content (AvgIpc) is 2.51. The molecule has 0 radical (unpaired) electrons. The lowest BCUT2D eigenvalue weighted by Crippen LogP contribution is -2.35. The van der Waals surface area contributed by atoms with E-state index < -0.39 is 10.0 Å². The highest BCUT2D eigenvalue weighted by Crippen LogP contribution is 2.12. The summed E-state index contributed by atoms with van der Waals surface area (Å²) in [6.07, 6.45) is 0.738. The molecule has 1 amide bonds. The molecule has 0 saturated heterocycles. The van der Waals surface area contributed by atoms with Gasteiger partial charge in [-0.25, -0.2) is 13.1 Å². The van der Waals surface area contributed by atoms with Crippen LogP contribution in [0.4, 0.5) is 0 Å². The highest BCUT2D eigenvalue weighted by Gasteiger charge is 2.11. The summed E-state index contributed by atoms with van der Waals surface area (Å²) in [6.45, 7) is 1.26. The number of carbonyl (C=O) groups excluding carboxylic acids is 1. The van der Waals surface area contributed by atoms with Gasteiger partial charge in [-0.2, -0.15) is 0 Å². The molecule has 0 aromatic heterocycles. The summed E-state index contributed by atoms with van der Waals surface area (Å²) in [5.41, 5.74) is 0.431. The fourth-order valence-corrected chi connectivity index (χ4v) is 2.83. The van der Waals surface area contributed by atoms with Crippen LogP contribution in [0, 0.1) is 0 Å². The van der Waals surface area contributed by atoms with Gasteiger partial charge in [-0.05, 0) is 45.3 Å². The molecule has 0 fully saturated rings. The topological polar surface area (TPSA) is 87.7 Å². The van der Waals surface area contributed by atoms with Gasteiger partial charge in [0.1, 0.15) is 5.75 Å². The lowest BCUT2D eigenvalue weighted by molar-refractivity contribution is 0.0956. The number of ether oxygens (including phenoxy) is 1. The van der Waals surface area contributed by atoms with Crippen molar-refractivity contribution >= 4 is 15.9 Å². The van der Waals surface area contributed by atoms with E-state index in [9.17, 15) is 13.2 Å². The Balaban J connectivity index is 2.35. The number of carbonyl (C=O) groups is 1. The Morgan fingerprint density at radius 2 is 2.00 bits per heavy atom. The quantitative estimate of drug-likeness (QED) is 0.597. The molecule has 0 bridgehead atoms. The van der Waals surface area contributed by atoms with E-state index >= 15 is 0 Å². The molecule has 0 unspecified atom stereocenters. The molecule has 130 valence electrons. The Kier molecular flexibility index (Phi) is 8.01. The van der Waals surface area contributed by atoms with Crippen molar-refractivity contribution in [2.45, 2.75) is 6.42 Å². The largest absolute Gasteiger partial charge is 0.497 e. The van der Waals surface area contributed by atoms with Crippen LogP contribution in [-0.4, -0.2) is 65.8 Å². The van der Waals surface area contributed by atoms with Crippen molar-refractivity contribution in [2.24, 2.45) is 0 Å². The normalized spacial score (nSPS) is 11.5. The van der Waals surface area contributed by atoms with Gasteiger partial charge in [-0.15, -0.1) is 0 Å². The predicted octanol–water partition coefficient (Wildman–Crippen LogP) is 0.296. The van der Waals surface area contributed by atoms with Crippen molar-refractivity contribution < 1.29 is 17.9 Å². The van der Waals surface area contributed by atoms with Gasteiger partial charge in [0.05, 0.1) is 12.9 Å². The van der Waals surface area contributed by atoms with Crippen LogP contribution < -0.4 is 14.8 Å². The van der Waals surface area contributed by atoms with Crippen LogP contribution in [0.2, 0.25) is 0 Å². The molecule has 0 aliphatic carbocycles. The van der Waals surface area contributed by atoms with Gasteiger partial charge in [0.25, 0.3) is 5.91 Å². The molecule has 1 aromatic rings. The van der Waals surface area contributed by atoms with Crippen LogP contribution >= 0.6 is 0 Å². The molecule has 0 aliphatic heterocycles. The number of amides is 1. The van der Waals surface area contributed by atoms with Crippen molar-refractivity contribution in [2.75, 3.05) is 46.6 Å². The zero-order valence-corrected chi connectivity index (χ0v) is 14.6. The highest BCUT2D eigenvalue weighted by molar-refractivity contribution is 7.89. The molecule has 2 N–H and O–H groups in total. The molecule has 0 spiro atoms. The molecule has 23 heavy (non-hydrogen) atoms. The second-order valence-electron chi connectivity index (χ2n) is 5.36. The predicted molar refractivity (Wildman–Crippen MR) is 90.3 cm³/mol. The number of hydrogen-bond donors (Lipinski definition) is 2. The first-order chi connectivity index (χ1) is 10.8. The van der Waals surface area contributed by atoms with E-state index in [2.05, 4.69) is 10.0 Å². The fourth-order valence-electron chi connectivity index (χ4n) is 1.86. The van der Waals surface area contributed by atoms with E-state index in [1.807, 2.05) is 19.0 Å². The minimum Gasteiger partial charge on any atom is -0.497 e. The van der Waals surface area contributed by atoms with Crippen LogP contribution in [0.5, 0.6) is 5.75 Å². The lowest BCUT2D eigenvalue weighted by atomic mass is 10.2. The van der Waals surface area contributed by atoms with Gasteiger partial charge in [-0.1, -0.05) is 6.07 Å². The number of nitrogens with zero attached hydrogens (tertiary/aromatic N) is 1. The standard InChI is InChI=1S/C15H25N3O4S/c1-18(2)10-5-8-17-23(20,21)11-9-16-15(19)13-6-4-7-14(12-13)22-3/h4,6-7,12,17H,5,8-11H2,1-3H3,(H,16,19). The third-order valence-corrected chi connectivity index (χ3v) is 4.48. The molecule has 0 atom stereocenters. The van der Waals surface area contributed by atoms with Gasteiger partial charge < -0.3 is 15.0 Å². The van der Waals surface area contributed by atoms with Crippen LogP contribution in [0.15, 0.2) is 24.3 Å². The molecule has 0 saturated carbocycles. The minimum atomic E-state index is -3.38. The number of hydrogen-bond acceptors (Lipinski definition) is 5. The summed E-state index contributed by atoms with van der Waals surface area (Å²) in [6, 6.07) is 6.69. The van der Waals surface area contributed by atoms with Gasteiger partial charge in [0.15, 0.2) is 0 Å². The summed E-state index contributed by atoms with van der Waals surface area (Å²) in [4.78, 5) is 13.9. The molecule has 1 aromatic carbocycles. The van der Waals surface area contributed by atoms with E-state index in [4.69, 9.17) is 4.74 Å². The lowest BCUT2D eigenvalue weighted by Gasteiger charge is -2.11. The van der Waals surface area contributed by atoms with Gasteiger partial charge in [0.2, 0.25) is 10.0 Å². The van der Waals surface area contributed by atoms with Gasteiger partial charge in [0, 0.05) is 18.7 Å². The number of nitrogens with one attached hydrogen (secondary N) is 2. The smallest absolute Gasteiger partial charge is 0.251 e. The van der Waals surface area contributed by atoms with Crippen LogP contribution in [0.3, 0.4) is 0 Å². The SMILES string of the molecule is COc1cccc(C(=O)NCCS(=O)(=O)NCCCN(C)C)c1. The monoisotopic (exact) mass is 343 g/mol. The van der Waals surface area contributed by atoms with E-state index in [0.29, 0.717) is 17.9 Å². The van der Waals surface area contributed by atoms with E-state index in [1.54, 1.807) is 24.3 Å². The van der Waals surface area contributed by atoms with Gasteiger partial charge >= 0.3 is 0 Å². The fraction of sp³-hybridized carbons (Fsp3) is 0.533. The van der Waals surface area contributed by atoms with Crippen molar-refractivity contribution in [3.05, 3.63) is 29.8 Å². The summed E-state index contributed by atoms with van der Waals surface area (Å²) >= 11 is 0. The first-order valence-corrected chi connectivity index (χ1v) is 9.03. The van der Waals surface area contributed by atoms with Crippen molar-refractivity contribution in [1.82, 2.24) is 14.9 Å². The maximum absolute atomic E-state index is 11.9. The van der Waals surface area contributed by atoms with Crippen molar-refractivity contribution in [1.29, 1.82) is 0 Å². The van der Waals surface area contributed by atoms with Crippen molar-refractivity contribution in [3.8, 4) is 5.75 Å². The molecule has 0 aliphatic rings. The number of rotatable bonds is 10. The Labute approximate surface area is 138 Å². The second-order valence-corrected chi connectivity index (χ2v) is 7.28. The van der Waals surface area contributed by atoms with Crippen LogP contribution in [0.1, 0.15) is 16.8 Å². The highest BCUT2D eigenvalue weighted by atomic mass is 32.2. The zero-order valence-electron chi connectivity index (χ0n) is 13.8. The van der Waals surface area contributed by atoms with Crippen molar-refractivity contribution in [3.63, 3.8) is 0 Å².